The standard InChI is InChI=1S/C15H23IN2O.ClH/c1-11(2)14(17)7-8-18(3)15(19)10-12-5-4-6-13(16)9-12;/h4-6,9,11,14H,7-8,10,17H2,1-3H3;1H. The zero-order valence-electron chi connectivity index (χ0n) is 12.3. The Labute approximate surface area is 141 Å². The molecule has 0 aromatic heterocycles. The van der Waals surface area contributed by atoms with Crippen molar-refractivity contribution in [2.75, 3.05) is 13.6 Å². The zero-order chi connectivity index (χ0) is 14.4. The van der Waals surface area contributed by atoms with E-state index >= 15 is 0 Å². The van der Waals surface area contributed by atoms with Crippen LogP contribution in [0.15, 0.2) is 24.3 Å². The zero-order valence-corrected chi connectivity index (χ0v) is 15.3. The topological polar surface area (TPSA) is 46.3 Å². The minimum Gasteiger partial charge on any atom is -0.345 e. The Balaban J connectivity index is 0.00000361. The second-order valence-corrected chi connectivity index (χ2v) is 6.56. The summed E-state index contributed by atoms with van der Waals surface area (Å²) in [6, 6.07) is 8.21. The largest absolute Gasteiger partial charge is 0.345 e. The van der Waals surface area contributed by atoms with Gasteiger partial charge in [-0.3, -0.25) is 4.79 Å². The summed E-state index contributed by atoms with van der Waals surface area (Å²) in [7, 11) is 1.85. The van der Waals surface area contributed by atoms with Gasteiger partial charge in [0.2, 0.25) is 5.91 Å². The van der Waals surface area contributed by atoms with Crippen LogP contribution in [-0.2, 0) is 11.2 Å². The molecule has 3 nitrogen and oxygen atoms in total. The number of rotatable bonds is 6. The summed E-state index contributed by atoms with van der Waals surface area (Å²) in [4.78, 5) is 13.9. The maximum Gasteiger partial charge on any atom is 0.226 e. The fourth-order valence-corrected chi connectivity index (χ4v) is 2.36. The first-order valence-electron chi connectivity index (χ1n) is 6.64. The van der Waals surface area contributed by atoms with Crippen molar-refractivity contribution in [2.45, 2.75) is 32.7 Å². The third kappa shape index (κ3) is 6.90. The fraction of sp³-hybridized carbons (Fsp3) is 0.533. The van der Waals surface area contributed by atoms with Crippen molar-refractivity contribution in [2.24, 2.45) is 11.7 Å². The van der Waals surface area contributed by atoms with Crippen molar-refractivity contribution in [3.05, 3.63) is 33.4 Å². The van der Waals surface area contributed by atoms with Crippen molar-refractivity contribution in [3.63, 3.8) is 0 Å². The van der Waals surface area contributed by atoms with E-state index in [9.17, 15) is 4.79 Å². The van der Waals surface area contributed by atoms with E-state index in [1.165, 1.54) is 0 Å². The molecule has 20 heavy (non-hydrogen) atoms. The summed E-state index contributed by atoms with van der Waals surface area (Å²) >= 11 is 2.26. The van der Waals surface area contributed by atoms with E-state index in [0.29, 0.717) is 12.3 Å². The summed E-state index contributed by atoms with van der Waals surface area (Å²) in [6.07, 6.45) is 1.32. The Bertz CT molecular complexity index is 426. The molecule has 0 aliphatic heterocycles. The van der Waals surface area contributed by atoms with Gasteiger partial charge in [-0.15, -0.1) is 12.4 Å². The molecule has 0 fully saturated rings. The maximum absolute atomic E-state index is 12.1. The molecule has 1 aromatic carbocycles. The third-order valence-electron chi connectivity index (χ3n) is 3.32. The number of carbonyl (C=O) groups is 1. The van der Waals surface area contributed by atoms with Gasteiger partial charge in [-0.1, -0.05) is 26.0 Å². The summed E-state index contributed by atoms with van der Waals surface area (Å²) in [6.45, 7) is 4.94. The third-order valence-corrected chi connectivity index (χ3v) is 4.00. The van der Waals surface area contributed by atoms with Gasteiger partial charge in [0, 0.05) is 23.2 Å². The molecule has 0 saturated carbocycles. The lowest BCUT2D eigenvalue weighted by molar-refractivity contribution is -0.129. The summed E-state index contributed by atoms with van der Waals surface area (Å²) in [5.74, 6) is 0.608. The predicted octanol–water partition coefficient (Wildman–Crippen LogP) is 3.09. The van der Waals surface area contributed by atoms with E-state index in [1.807, 2.05) is 31.3 Å². The monoisotopic (exact) mass is 410 g/mol. The van der Waals surface area contributed by atoms with Crippen molar-refractivity contribution in [1.29, 1.82) is 0 Å². The summed E-state index contributed by atoms with van der Waals surface area (Å²) < 4.78 is 1.16. The first-order valence-corrected chi connectivity index (χ1v) is 7.72. The number of likely N-dealkylation sites (N-methyl/N-ethyl adjacent to an activating group) is 1. The number of amides is 1. The molecular formula is C15H24ClIN2O. The maximum atomic E-state index is 12.1. The first-order chi connectivity index (χ1) is 8.90. The second-order valence-electron chi connectivity index (χ2n) is 5.32. The van der Waals surface area contributed by atoms with Crippen molar-refractivity contribution < 1.29 is 4.79 Å². The Hall–Kier alpha value is -0.330. The lowest BCUT2D eigenvalue weighted by Gasteiger charge is -2.21. The number of hydrogen-bond acceptors (Lipinski definition) is 2. The van der Waals surface area contributed by atoms with Crippen LogP contribution in [0, 0.1) is 9.49 Å². The van der Waals surface area contributed by atoms with Crippen molar-refractivity contribution in [3.8, 4) is 0 Å². The Morgan fingerprint density at radius 3 is 2.60 bits per heavy atom. The molecule has 0 spiro atoms. The van der Waals surface area contributed by atoms with Gasteiger partial charge in [-0.2, -0.15) is 0 Å². The molecule has 0 bridgehead atoms. The number of halogens is 2. The van der Waals surface area contributed by atoms with Crippen LogP contribution >= 0.6 is 35.0 Å². The van der Waals surface area contributed by atoms with Gasteiger partial charge in [0.05, 0.1) is 6.42 Å². The highest BCUT2D eigenvalue weighted by molar-refractivity contribution is 14.1. The minimum absolute atomic E-state index is 0. The highest BCUT2D eigenvalue weighted by Gasteiger charge is 2.13. The Morgan fingerprint density at radius 1 is 1.40 bits per heavy atom. The lowest BCUT2D eigenvalue weighted by atomic mass is 10.0. The van der Waals surface area contributed by atoms with Crippen molar-refractivity contribution >= 4 is 40.9 Å². The van der Waals surface area contributed by atoms with Gasteiger partial charge < -0.3 is 10.6 Å². The highest BCUT2D eigenvalue weighted by Crippen LogP contribution is 2.10. The molecule has 1 amide bonds. The van der Waals surface area contributed by atoms with Gasteiger partial charge in [0.25, 0.3) is 0 Å². The molecule has 114 valence electrons. The van der Waals surface area contributed by atoms with Gasteiger partial charge in [-0.05, 0) is 52.6 Å². The molecule has 0 aliphatic rings. The van der Waals surface area contributed by atoms with E-state index in [2.05, 4.69) is 36.4 Å². The number of nitrogens with zero attached hydrogens (tertiary/aromatic N) is 1. The molecule has 0 saturated heterocycles. The molecule has 2 N–H and O–H groups in total. The summed E-state index contributed by atoms with van der Waals surface area (Å²) in [5, 5.41) is 0. The second kappa shape index (κ2) is 9.58. The van der Waals surface area contributed by atoms with E-state index < -0.39 is 0 Å². The SMILES string of the molecule is CC(C)C(N)CCN(C)C(=O)Cc1cccc(I)c1.Cl. The quantitative estimate of drug-likeness (QED) is 0.733. The van der Waals surface area contributed by atoms with Gasteiger partial charge >= 0.3 is 0 Å². The summed E-state index contributed by atoms with van der Waals surface area (Å²) in [5.41, 5.74) is 7.06. The van der Waals surface area contributed by atoms with Crippen molar-refractivity contribution in [1.82, 2.24) is 4.90 Å². The molecule has 1 atom stereocenters. The van der Waals surface area contributed by atoms with Gasteiger partial charge in [0.15, 0.2) is 0 Å². The van der Waals surface area contributed by atoms with E-state index in [1.54, 1.807) is 4.90 Å². The predicted molar refractivity (Wildman–Crippen MR) is 95.2 cm³/mol. The molecule has 1 rings (SSSR count). The molecule has 0 heterocycles. The highest BCUT2D eigenvalue weighted by atomic mass is 127. The molecule has 0 aliphatic carbocycles. The first kappa shape index (κ1) is 19.7. The van der Waals surface area contributed by atoms with Gasteiger partial charge in [-0.25, -0.2) is 0 Å². The van der Waals surface area contributed by atoms with Crippen LogP contribution in [0.1, 0.15) is 25.8 Å². The van der Waals surface area contributed by atoms with Crippen LogP contribution in [0.4, 0.5) is 0 Å². The van der Waals surface area contributed by atoms with Crippen LogP contribution in [0.2, 0.25) is 0 Å². The molecule has 0 radical (unpaired) electrons. The molecule has 5 heteroatoms. The van der Waals surface area contributed by atoms with Gasteiger partial charge in [0.1, 0.15) is 0 Å². The average Bonchev–Trinajstić information content (AvgIpc) is 2.35. The number of hydrogen-bond donors (Lipinski definition) is 1. The van der Waals surface area contributed by atoms with E-state index in [4.69, 9.17) is 5.73 Å². The lowest BCUT2D eigenvalue weighted by Crippen LogP contribution is -2.35. The molecule has 1 aromatic rings. The van der Waals surface area contributed by atoms with Crippen LogP contribution in [0.25, 0.3) is 0 Å². The van der Waals surface area contributed by atoms with Crippen LogP contribution in [-0.4, -0.2) is 30.4 Å². The average molecular weight is 411 g/mol. The normalized spacial score (nSPS) is 11.9. The Morgan fingerprint density at radius 2 is 2.05 bits per heavy atom. The fourth-order valence-electron chi connectivity index (χ4n) is 1.76. The number of carbonyl (C=O) groups excluding carboxylic acids is 1. The Kier molecular flexibility index (Phi) is 9.42. The smallest absolute Gasteiger partial charge is 0.226 e. The van der Waals surface area contributed by atoms with E-state index in [-0.39, 0.29) is 24.4 Å². The van der Waals surface area contributed by atoms with E-state index in [0.717, 1.165) is 22.1 Å². The number of nitrogens with two attached hydrogens (primary N) is 1. The van der Waals surface area contributed by atoms with Crippen LogP contribution in [0.5, 0.6) is 0 Å². The van der Waals surface area contributed by atoms with Crippen LogP contribution in [0.3, 0.4) is 0 Å². The van der Waals surface area contributed by atoms with Crippen LogP contribution < -0.4 is 5.73 Å². The molecular weight excluding hydrogens is 387 g/mol. The minimum atomic E-state index is 0. The molecule has 1 unspecified atom stereocenters. The number of benzene rings is 1.